The molecule has 21 heavy (non-hydrogen) atoms. The Hall–Kier alpha value is -2.21. The lowest BCUT2D eigenvalue weighted by Gasteiger charge is -2.33. The van der Waals surface area contributed by atoms with Gasteiger partial charge in [-0.1, -0.05) is 0 Å². The molecule has 0 saturated carbocycles. The predicted molar refractivity (Wildman–Crippen MR) is 82.4 cm³/mol. The van der Waals surface area contributed by atoms with Crippen molar-refractivity contribution in [1.82, 2.24) is 4.98 Å². The van der Waals surface area contributed by atoms with Crippen LogP contribution in [0.4, 0.5) is 11.4 Å². The molecule has 2 aromatic rings. The summed E-state index contributed by atoms with van der Waals surface area (Å²) in [5.41, 5.74) is 7.24. The molecule has 0 spiro atoms. The second kappa shape index (κ2) is 5.65. The van der Waals surface area contributed by atoms with Crippen molar-refractivity contribution in [2.75, 3.05) is 24.5 Å². The van der Waals surface area contributed by atoms with E-state index in [4.69, 9.17) is 5.73 Å². The number of piperidine rings is 1. The quantitative estimate of drug-likeness (QED) is 0.691. The number of nitro benzene ring substituents is 1. The van der Waals surface area contributed by atoms with Gasteiger partial charge in [0.1, 0.15) is 5.69 Å². The van der Waals surface area contributed by atoms with Crippen molar-refractivity contribution in [3.05, 3.63) is 40.6 Å². The van der Waals surface area contributed by atoms with Crippen LogP contribution in [0.25, 0.3) is 10.9 Å². The van der Waals surface area contributed by atoms with E-state index in [0.717, 1.165) is 25.9 Å². The SMILES string of the molecule is NCC1CCCN(c2ccc3ncccc3c2[N+](=O)[O-])C1. The van der Waals surface area contributed by atoms with Gasteiger partial charge in [-0.2, -0.15) is 0 Å². The van der Waals surface area contributed by atoms with Gasteiger partial charge in [0.2, 0.25) is 0 Å². The molecule has 1 unspecified atom stereocenters. The highest BCUT2D eigenvalue weighted by molar-refractivity contribution is 5.94. The maximum atomic E-state index is 11.6. The minimum Gasteiger partial charge on any atom is -0.366 e. The average molecular weight is 286 g/mol. The maximum Gasteiger partial charge on any atom is 0.301 e. The third-order valence-electron chi connectivity index (χ3n) is 4.11. The highest BCUT2D eigenvalue weighted by Crippen LogP contribution is 2.36. The molecule has 1 aromatic heterocycles. The Labute approximate surface area is 122 Å². The van der Waals surface area contributed by atoms with Crippen molar-refractivity contribution in [1.29, 1.82) is 0 Å². The standard InChI is InChI=1S/C15H18N4O2/c16-9-11-3-2-8-18(10-11)14-6-5-13-12(4-1-7-17-13)15(14)19(20)21/h1,4-7,11H,2-3,8-10,16H2. The number of nitrogens with two attached hydrogens (primary N) is 1. The van der Waals surface area contributed by atoms with Gasteiger partial charge >= 0.3 is 5.69 Å². The Bertz CT molecular complexity index is 674. The maximum absolute atomic E-state index is 11.6. The van der Waals surface area contributed by atoms with Crippen molar-refractivity contribution in [2.24, 2.45) is 11.7 Å². The predicted octanol–water partition coefficient (Wildman–Crippen LogP) is 2.32. The average Bonchev–Trinajstić information content (AvgIpc) is 2.53. The highest BCUT2D eigenvalue weighted by Gasteiger charge is 2.26. The van der Waals surface area contributed by atoms with Gasteiger partial charge < -0.3 is 10.6 Å². The number of nitro groups is 1. The molecule has 110 valence electrons. The Morgan fingerprint density at radius 3 is 3.05 bits per heavy atom. The number of hydrogen-bond donors (Lipinski definition) is 1. The Morgan fingerprint density at radius 2 is 2.29 bits per heavy atom. The zero-order chi connectivity index (χ0) is 14.8. The minimum atomic E-state index is -0.300. The van der Waals surface area contributed by atoms with Crippen LogP contribution in [0.15, 0.2) is 30.5 Å². The van der Waals surface area contributed by atoms with Gasteiger partial charge in [-0.15, -0.1) is 0 Å². The van der Waals surface area contributed by atoms with Gasteiger partial charge in [0.15, 0.2) is 0 Å². The van der Waals surface area contributed by atoms with Crippen LogP contribution >= 0.6 is 0 Å². The first-order valence-electron chi connectivity index (χ1n) is 7.18. The number of anilines is 1. The molecule has 1 atom stereocenters. The number of nitrogens with zero attached hydrogens (tertiary/aromatic N) is 3. The fourth-order valence-corrected chi connectivity index (χ4v) is 3.05. The fourth-order valence-electron chi connectivity index (χ4n) is 3.05. The molecule has 1 fully saturated rings. The van der Waals surface area contributed by atoms with Crippen LogP contribution in [0.2, 0.25) is 0 Å². The molecule has 3 rings (SSSR count). The molecule has 2 heterocycles. The third-order valence-corrected chi connectivity index (χ3v) is 4.11. The summed E-state index contributed by atoms with van der Waals surface area (Å²) in [6.07, 6.45) is 3.76. The third kappa shape index (κ3) is 2.54. The molecule has 1 aromatic carbocycles. The van der Waals surface area contributed by atoms with Crippen molar-refractivity contribution < 1.29 is 4.92 Å². The molecule has 1 aliphatic heterocycles. The van der Waals surface area contributed by atoms with E-state index in [-0.39, 0.29) is 10.6 Å². The Kier molecular flexibility index (Phi) is 3.70. The lowest BCUT2D eigenvalue weighted by molar-refractivity contribution is -0.382. The smallest absolute Gasteiger partial charge is 0.301 e. The first-order valence-corrected chi connectivity index (χ1v) is 7.18. The first kappa shape index (κ1) is 13.8. The minimum absolute atomic E-state index is 0.151. The van der Waals surface area contributed by atoms with E-state index in [2.05, 4.69) is 9.88 Å². The zero-order valence-corrected chi connectivity index (χ0v) is 11.7. The molecule has 6 heteroatoms. The fraction of sp³-hybridized carbons (Fsp3) is 0.400. The summed E-state index contributed by atoms with van der Waals surface area (Å²) < 4.78 is 0. The summed E-state index contributed by atoms with van der Waals surface area (Å²) in [7, 11) is 0. The van der Waals surface area contributed by atoms with Gasteiger partial charge in [0, 0.05) is 19.3 Å². The zero-order valence-electron chi connectivity index (χ0n) is 11.7. The van der Waals surface area contributed by atoms with Crippen LogP contribution in [0.5, 0.6) is 0 Å². The summed E-state index contributed by atoms with van der Waals surface area (Å²) in [6, 6.07) is 7.16. The van der Waals surface area contributed by atoms with Crippen LogP contribution in [-0.4, -0.2) is 29.5 Å². The molecule has 1 saturated heterocycles. The summed E-state index contributed by atoms with van der Waals surface area (Å²) in [5.74, 6) is 0.406. The molecule has 6 nitrogen and oxygen atoms in total. The normalized spacial score (nSPS) is 18.9. The van der Waals surface area contributed by atoms with Gasteiger partial charge in [-0.25, -0.2) is 0 Å². The van der Waals surface area contributed by atoms with Gasteiger partial charge in [-0.05, 0) is 49.6 Å². The molecule has 0 aliphatic carbocycles. The molecule has 0 radical (unpaired) electrons. The second-order valence-electron chi connectivity index (χ2n) is 5.45. The summed E-state index contributed by atoms with van der Waals surface area (Å²) in [5, 5.41) is 12.1. The van der Waals surface area contributed by atoms with Gasteiger partial charge in [0.05, 0.1) is 15.8 Å². The van der Waals surface area contributed by atoms with Crippen LogP contribution in [0.3, 0.4) is 0 Å². The summed E-state index contributed by atoms with van der Waals surface area (Å²) in [6.45, 7) is 2.24. The van der Waals surface area contributed by atoms with E-state index in [0.29, 0.717) is 29.1 Å². The lowest BCUT2D eigenvalue weighted by Crippen LogP contribution is -2.38. The molecule has 1 aliphatic rings. The number of aromatic nitrogens is 1. The lowest BCUT2D eigenvalue weighted by atomic mass is 9.97. The van der Waals surface area contributed by atoms with Crippen LogP contribution in [0.1, 0.15) is 12.8 Å². The number of rotatable bonds is 3. The topological polar surface area (TPSA) is 85.3 Å². The van der Waals surface area contributed by atoms with Crippen LogP contribution in [-0.2, 0) is 0 Å². The van der Waals surface area contributed by atoms with E-state index in [1.54, 1.807) is 18.3 Å². The number of benzene rings is 1. The summed E-state index contributed by atoms with van der Waals surface area (Å²) >= 11 is 0. The van der Waals surface area contributed by atoms with E-state index >= 15 is 0 Å². The molecule has 2 N–H and O–H groups in total. The molecule has 0 bridgehead atoms. The molecular weight excluding hydrogens is 268 g/mol. The molecular formula is C15H18N4O2. The van der Waals surface area contributed by atoms with E-state index in [9.17, 15) is 10.1 Å². The highest BCUT2D eigenvalue weighted by atomic mass is 16.6. The Balaban J connectivity index is 2.09. The second-order valence-corrected chi connectivity index (χ2v) is 5.45. The van der Waals surface area contributed by atoms with Crippen molar-refractivity contribution in [3.8, 4) is 0 Å². The van der Waals surface area contributed by atoms with E-state index < -0.39 is 0 Å². The van der Waals surface area contributed by atoms with E-state index in [1.165, 1.54) is 0 Å². The number of hydrogen-bond acceptors (Lipinski definition) is 5. The summed E-state index contributed by atoms with van der Waals surface area (Å²) in [4.78, 5) is 17.5. The number of fused-ring (bicyclic) bond motifs is 1. The molecule has 0 amide bonds. The number of pyridine rings is 1. The largest absolute Gasteiger partial charge is 0.366 e. The Morgan fingerprint density at radius 1 is 1.43 bits per heavy atom. The van der Waals surface area contributed by atoms with Crippen LogP contribution < -0.4 is 10.6 Å². The monoisotopic (exact) mass is 286 g/mol. The first-order chi connectivity index (χ1) is 10.2. The van der Waals surface area contributed by atoms with Gasteiger partial charge in [-0.3, -0.25) is 15.1 Å². The van der Waals surface area contributed by atoms with E-state index in [1.807, 2.05) is 12.1 Å². The van der Waals surface area contributed by atoms with Crippen molar-refractivity contribution in [2.45, 2.75) is 12.8 Å². The van der Waals surface area contributed by atoms with Gasteiger partial charge in [0.25, 0.3) is 0 Å². The van der Waals surface area contributed by atoms with Crippen LogP contribution in [0, 0.1) is 16.0 Å². The van der Waals surface area contributed by atoms with Crippen molar-refractivity contribution >= 4 is 22.3 Å². The van der Waals surface area contributed by atoms with Crippen molar-refractivity contribution in [3.63, 3.8) is 0 Å².